The first-order valence-electron chi connectivity index (χ1n) is 4.14. The molecule has 0 aromatic heterocycles. The SMILES string of the molecule is NOCc1cc(CF)cc2c1OCO2. The van der Waals surface area contributed by atoms with E-state index in [0.717, 1.165) is 0 Å². The molecule has 0 atom stereocenters. The zero-order chi connectivity index (χ0) is 9.97. The molecule has 1 aromatic carbocycles. The summed E-state index contributed by atoms with van der Waals surface area (Å²) in [6, 6.07) is 3.27. The van der Waals surface area contributed by atoms with E-state index in [-0.39, 0.29) is 13.4 Å². The topological polar surface area (TPSA) is 53.7 Å². The molecular weight excluding hydrogens is 189 g/mol. The summed E-state index contributed by atoms with van der Waals surface area (Å²) >= 11 is 0. The molecule has 2 rings (SSSR count). The van der Waals surface area contributed by atoms with Gasteiger partial charge in [-0.2, -0.15) is 0 Å². The molecule has 2 N–H and O–H groups in total. The van der Waals surface area contributed by atoms with Crippen LogP contribution in [0, 0.1) is 0 Å². The number of alkyl halides is 1. The lowest BCUT2D eigenvalue weighted by Gasteiger charge is -2.06. The number of halogens is 1. The van der Waals surface area contributed by atoms with Crippen molar-refractivity contribution >= 4 is 0 Å². The Bertz CT molecular complexity index is 343. The van der Waals surface area contributed by atoms with Crippen LogP contribution in [0.25, 0.3) is 0 Å². The minimum absolute atomic E-state index is 0.155. The predicted octanol–water partition coefficient (Wildman–Crippen LogP) is 1.28. The van der Waals surface area contributed by atoms with Gasteiger partial charge in [0, 0.05) is 5.56 Å². The molecule has 0 saturated carbocycles. The third-order valence-corrected chi connectivity index (χ3v) is 2.00. The lowest BCUT2D eigenvalue weighted by atomic mass is 10.1. The molecule has 5 heteroatoms. The Morgan fingerprint density at radius 2 is 2.29 bits per heavy atom. The minimum Gasteiger partial charge on any atom is -0.454 e. The van der Waals surface area contributed by atoms with E-state index in [9.17, 15) is 4.39 Å². The number of hydrogen-bond donors (Lipinski definition) is 1. The Labute approximate surface area is 80.3 Å². The van der Waals surface area contributed by atoms with Gasteiger partial charge in [-0.15, -0.1) is 0 Å². The van der Waals surface area contributed by atoms with Crippen LogP contribution in [-0.2, 0) is 18.1 Å². The van der Waals surface area contributed by atoms with E-state index >= 15 is 0 Å². The molecule has 0 amide bonds. The Hall–Kier alpha value is -1.33. The summed E-state index contributed by atoms with van der Waals surface area (Å²) < 4.78 is 22.8. The Morgan fingerprint density at radius 3 is 3.00 bits per heavy atom. The second-order valence-corrected chi connectivity index (χ2v) is 2.93. The van der Waals surface area contributed by atoms with Gasteiger partial charge < -0.3 is 9.47 Å². The van der Waals surface area contributed by atoms with E-state index in [1.54, 1.807) is 12.1 Å². The van der Waals surface area contributed by atoms with Gasteiger partial charge in [-0.25, -0.2) is 10.3 Å². The van der Waals surface area contributed by atoms with Crippen molar-refractivity contribution in [1.29, 1.82) is 0 Å². The van der Waals surface area contributed by atoms with Crippen molar-refractivity contribution in [2.75, 3.05) is 6.79 Å². The van der Waals surface area contributed by atoms with E-state index in [1.165, 1.54) is 0 Å². The third-order valence-electron chi connectivity index (χ3n) is 2.00. The maximum absolute atomic E-state index is 12.4. The van der Waals surface area contributed by atoms with Crippen molar-refractivity contribution in [3.63, 3.8) is 0 Å². The molecule has 0 spiro atoms. The fourth-order valence-electron chi connectivity index (χ4n) is 1.42. The predicted molar refractivity (Wildman–Crippen MR) is 46.4 cm³/mol. The molecule has 0 fully saturated rings. The molecule has 4 nitrogen and oxygen atoms in total. The molecule has 1 heterocycles. The average molecular weight is 199 g/mol. The monoisotopic (exact) mass is 199 g/mol. The normalized spacial score (nSPS) is 13.3. The summed E-state index contributed by atoms with van der Waals surface area (Å²) in [7, 11) is 0. The van der Waals surface area contributed by atoms with Gasteiger partial charge in [0.2, 0.25) is 6.79 Å². The van der Waals surface area contributed by atoms with E-state index in [2.05, 4.69) is 4.84 Å². The van der Waals surface area contributed by atoms with E-state index < -0.39 is 6.67 Å². The van der Waals surface area contributed by atoms with Gasteiger partial charge in [0.25, 0.3) is 0 Å². The molecule has 1 aliphatic rings. The van der Waals surface area contributed by atoms with Crippen LogP contribution in [0.5, 0.6) is 11.5 Å². The standard InChI is InChI=1S/C9H10FNO3/c10-3-6-1-7(4-14-11)9-8(2-6)12-5-13-9/h1-2H,3-5,11H2. The molecule has 0 bridgehead atoms. The molecule has 0 unspecified atom stereocenters. The Kier molecular flexibility index (Phi) is 2.51. The Balaban J connectivity index is 2.41. The number of nitrogens with two attached hydrogens (primary N) is 1. The van der Waals surface area contributed by atoms with Crippen molar-refractivity contribution in [3.05, 3.63) is 23.3 Å². The quantitative estimate of drug-likeness (QED) is 0.745. The van der Waals surface area contributed by atoms with Gasteiger partial charge in [-0.05, 0) is 17.7 Å². The van der Waals surface area contributed by atoms with Crippen LogP contribution in [0.1, 0.15) is 11.1 Å². The molecule has 0 aliphatic carbocycles. The number of rotatable bonds is 3. The zero-order valence-corrected chi connectivity index (χ0v) is 7.46. The van der Waals surface area contributed by atoms with Crippen molar-refractivity contribution < 1.29 is 18.7 Å². The van der Waals surface area contributed by atoms with Gasteiger partial charge >= 0.3 is 0 Å². The first kappa shape index (κ1) is 9.23. The molecular formula is C9H10FNO3. The van der Waals surface area contributed by atoms with Crippen LogP contribution in [0.15, 0.2) is 12.1 Å². The van der Waals surface area contributed by atoms with E-state index in [0.29, 0.717) is 22.6 Å². The van der Waals surface area contributed by atoms with Crippen molar-refractivity contribution in [1.82, 2.24) is 0 Å². The third kappa shape index (κ3) is 1.51. The lowest BCUT2D eigenvalue weighted by molar-refractivity contribution is 0.120. The van der Waals surface area contributed by atoms with Crippen LogP contribution in [0.4, 0.5) is 4.39 Å². The highest BCUT2D eigenvalue weighted by Crippen LogP contribution is 2.37. The molecule has 0 radical (unpaired) electrons. The number of benzene rings is 1. The van der Waals surface area contributed by atoms with Crippen LogP contribution in [0.2, 0.25) is 0 Å². The number of ether oxygens (including phenoxy) is 2. The molecule has 1 aromatic rings. The van der Waals surface area contributed by atoms with Gasteiger partial charge in [0.1, 0.15) is 6.67 Å². The summed E-state index contributed by atoms with van der Waals surface area (Å²) in [5.74, 6) is 6.09. The fourth-order valence-corrected chi connectivity index (χ4v) is 1.42. The van der Waals surface area contributed by atoms with Crippen LogP contribution >= 0.6 is 0 Å². The van der Waals surface area contributed by atoms with Crippen LogP contribution < -0.4 is 15.4 Å². The lowest BCUT2D eigenvalue weighted by Crippen LogP contribution is -2.01. The largest absolute Gasteiger partial charge is 0.454 e. The first-order valence-corrected chi connectivity index (χ1v) is 4.14. The number of hydrogen-bond acceptors (Lipinski definition) is 4. The summed E-state index contributed by atoms with van der Waals surface area (Å²) in [5, 5.41) is 0. The highest BCUT2D eigenvalue weighted by atomic mass is 19.1. The van der Waals surface area contributed by atoms with Gasteiger partial charge in [0.15, 0.2) is 11.5 Å². The van der Waals surface area contributed by atoms with E-state index in [1.807, 2.05) is 0 Å². The van der Waals surface area contributed by atoms with E-state index in [4.69, 9.17) is 15.4 Å². The highest BCUT2D eigenvalue weighted by Gasteiger charge is 2.19. The smallest absolute Gasteiger partial charge is 0.231 e. The molecule has 14 heavy (non-hydrogen) atoms. The number of fused-ring (bicyclic) bond motifs is 1. The summed E-state index contributed by atoms with van der Waals surface area (Å²) in [5.41, 5.74) is 1.23. The molecule has 0 saturated heterocycles. The fraction of sp³-hybridized carbons (Fsp3) is 0.333. The second kappa shape index (κ2) is 3.81. The molecule has 1 aliphatic heterocycles. The maximum Gasteiger partial charge on any atom is 0.231 e. The first-order chi connectivity index (χ1) is 6.85. The summed E-state index contributed by atoms with van der Waals surface area (Å²) in [6.07, 6.45) is 0. The summed E-state index contributed by atoms with van der Waals surface area (Å²) in [4.78, 5) is 4.49. The second-order valence-electron chi connectivity index (χ2n) is 2.93. The van der Waals surface area contributed by atoms with Crippen molar-refractivity contribution in [2.24, 2.45) is 5.90 Å². The molecule has 76 valence electrons. The van der Waals surface area contributed by atoms with Gasteiger partial charge in [-0.3, -0.25) is 4.84 Å². The van der Waals surface area contributed by atoms with Gasteiger partial charge in [0.05, 0.1) is 6.61 Å². The summed E-state index contributed by atoms with van der Waals surface area (Å²) in [6.45, 7) is -0.212. The minimum atomic E-state index is -0.547. The zero-order valence-electron chi connectivity index (χ0n) is 7.46. The van der Waals surface area contributed by atoms with Crippen molar-refractivity contribution in [3.8, 4) is 11.5 Å². The Morgan fingerprint density at radius 1 is 1.43 bits per heavy atom. The van der Waals surface area contributed by atoms with Gasteiger partial charge in [-0.1, -0.05) is 0 Å². The average Bonchev–Trinajstić information content (AvgIpc) is 2.66. The maximum atomic E-state index is 12.4. The van der Waals surface area contributed by atoms with Crippen molar-refractivity contribution in [2.45, 2.75) is 13.3 Å². The highest BCUT2D eigenvalue weighted by molar-refractivity contribution is 5.50. The van der Waals surface area contributed by atoms with Crippen LogP contribution in [-0.4, -0.2) is 6.79 Å². The van der Waals surface area contributed by atoms with Crippen LogP contribution in [0.3, 0.4) is 0 Å².